The van der Waals surface area contributed by atoms with Gasteiger partial charge >= 0.3 is 6.03 Å². The van der Waals surface area contributed by atoms with Gasteiger partial charge in [0.05, 0.1) is 6.04 Å². The zero-order valence-corrected chi connectivity index (χ0v) is 10.3. The van der Waals surface area contributed by atoms with Crippen LogP contribution in [0.5, 0.6) is 0 Å². The fourth-order valence-electron chi connectivity index (χ4n) is 2.28. The number of para-hydroxylation sites is 1. The molecule has 7 nitrogen and oxygen atoms in total. The number of carbonyl (C=O) groups excluding carboxylic acids is 1. The third-order valence-corrected chi connectivity index (χ3v) is 3.21. The highest BCUT2D eigenvalue weighted by Gasteiger charge is 2.31. The van der Waals surface area contributed by atoms with Crippen molar-refractivity contribution in [3.05, 3.63) is 36.2 Å². The third-order valence-electron chi connectivity index (χ3n) is 3.21. The summed E-state index contributed by atoms with van der Waals surface area (Å²) in [5.74, 6) is 0.743. The standard InChI is InChI=1S/C12H14N6O/c19-12-13-8-10(6-7-11-14-16-17-15-11)18(12)9-4-2-1-3-5-9/h1-5,10H,6-8H2,(H,13,19)(H,14,15,16,17). The van der Waals surface area contributed by atoms with Crippen LogP contribution in [0.25, 0.3) is 0 Å². The number of aryl methyl sites for hydroxylation is 1. The first-order chi connectivity index (χ1) is 9.34. The Balaban J connectivity index is 1.72. The van der Waals surface area contributed by atoms with Crippen molar-refractivity contribution in [2.24, 2.45) is 0 Å². The Kier molecular flexibility index (Phi) is 3.09. The maximum absolute atomic E-state index is 11.9. The minimum Gasteiger partial charge on any atom is -0.336 e. The number of benzene rings is 1. The summed E-state index contributed by atoms with van der Waals surface area (Å²) >= 11 is 0. The number of hydrogen-bond acceptors (Lipinski definition) is 4. The largest absolute Gasteiger partial charge is 0.336 e. The lowest BCUT2D eigenvalue weighted by molar-refractivity contribution is 0.251. The quantitative estimate of drug-likeness (QED) is 0.846. The molecule has 98 valence electrons. The van der Waals surface area contributed by atoms with Gasteiger partial charge in [-0.1, -0.05) is 18.2 Å². The number of rotatable bonds is 4. The van der Waals surface area contributed by atoms with Crippen molar-refractivity contribution in [1.29, 1.82) is 0 Å². The predicted octanol–water partition coefficient (Wildman–Crippen LogP) is 0.731. The van der Waals surface area contributed by atoms with Crippen LogP contribution in [0.2, 0.25) is 0 Å². The molecular weight excluding hydrogens is 244 g/mol. The zero-order chi connectivity index (χ0) is 13.1. The summed E-state index contributed by atoms with van der Waals surface area (Å²) in [6.45, 7) is 0.648. The van der Waals surface area contributed by atoms with E-state index in [1.165, 1.54) is 0 Å². The first-order valence-electron chi connectivity index (χ1n) is 6.19. The SMILES string of the molecule is O=C1NCC(CCc2nnn[nH]2)N1c1ccccc1. The molecule has 1 aromatic carbocycles. The van der Waals surface area contributed by atoms with Crippen molar-refractivity contribution < 1.29 is 4.79 Å². The summed E-state index contributed by atoms with van der Waals surface area (Å²) in [5, 5.41) is 16.5. The fraction of sp³-hybridized carbons (Fsp3) is 0.333. The van der Waals surface area contributed by atoms with Crippen LogP contribution in [-0.2, 0) is 6.42 Å². The van der Waals surface area contributed by atoms with Gasteiger partial charge in [-0.3, -0.25) is 4.90 Å². The average Bonchev–Trinajstić information content (AvgIpc) is 3.07. The second kappa shape index (κ2) is 5.05. The Hall–Kier alpha value is -2.44. The molecule has 1 fully saturated rings. The molecule has 2 heterocycles. The Morgan fingerprint density at radius 2 is 2.16 bits per heavy atom. The summed E-state index contributed by atoms with van der Waals surface area (Å²) in [6.07, 6.45) is 1.53. The van der Waals surface area contributed by atoms with E-state index in [0.717, 1.165) is 24.4 Å². The normalized spacial score (nSPS) is 18.6. The van der Waals surface area contributed by atoms with Crippen LogP contribution in [0.3, 0.4) is 0 Å². The minimum atomic E-state index is -0.0492. The van der Waals surface area contributed by atoms with Crippen LogP contribution in [0.1, 0.15) is 12.2 Å². The fourth-order valence-corrected chi connectivity index (χ4v) is 2.28. The second-order valence-corrected chi connectivity index (χ2v) is 4.43. The van der Waals surface area contributed by atoms with Gasteiger partial charge in [-0.2, -0.15) is 0 Å². The molecule has 0 saturated carbocycles. The lowest BCUT2D eigenvalue weighted by Gasteiger charge is -2.22. The maximum atomic E-state index is 11.9. The molecule has 1 aromatic heterocycles. The van der Waals surface area contributed by atoms with Crippen molar-refractivity contribution in [2.45, 2.75) is 18.9 Å². The first-order valence-corrected chi connectivity index (χ1v) is 6.19. The van der Waals surface area contributed by atoms with Gasteiger partial charge in [0.1, 0.15) is 5.82 Å². The van der Waals surface area contributed by atoms with Gasteiger partial charge in [-0.05, 0) is 29.0 Å². The molecule has 1 unspecified atom stereocenters. The van der Waals surface area contributed by atoms with Gasteiger partial charge in [-0.15, -0.1) is 5.10 Å². The average molecular weight is 258 g/mol. The Morgan fingerprint density at radius 1 is 1.32 bits per heavy atom. The van der Waals surface area contributed by atoms with Crippen LogP contribution in [-0.4, -0.2) is 39.2 Å². The lowest BCUT2D eigenvalue weighted by atomic mass is 10.1. The molecule has 2 N–H and O–H groups in total. The number of anilines is 1. The summed E-state index contributed by atoms with van der Waals surface area (Å²) in [5.41, 5.74) is 0.915. The van der Waals surface area contributed by atoms with Gasteiger partial charge in [0.2, 0.25) is 0 Å². The van der Waals surface area contributed by atoms with Crippen LogP contribution >= 0.6 is 0 Å². The van der Waals surface area contributed by atoms with Crippen molar-refractivity contribution in [3.8, 4) is 0 Å². The number of tetrazole rings is 1. The molecule has 1 atom stereocenters. The zero-order valence-electron chi connectivity index (χ0n) is 10.3. The number of H-pyrrole nitrogens is 1. The molecule has 19 heavy (non-hydrogen) atoms. The number of nitrogens with one attached hydrogen (secondary N) is 2. The monoisotopic (exact) mass is 258 g/mol. The molecule has 1 saturated heterocycles. The first kappa shape index (κ1) is 11.6. The van der Waals surface area contributed by atoms with E-state index in [1.54, 1.807) is 4.90 Å². The van der Waals surface area contributed by atoms with Crippen LogP contribution < -0.4 is 10.2 Å². The van der Waals surface area contributed by atoms with Crippen molar-refractivity contribution in [1.82, 2.24) is 25.9 Å². The Morgan fingerprint density at radius 3 is 2.89 bits per heavy atom. The van der Waals surface area contributed by atoms with Crippen molar-refractivity contribution in [2.75, 3.05) is 11.4 Å². The van der Waals surface area contributed by atoms with E-state index in [2.05, 4.69) is 25.9 Å². The molecule has 7 heteroatoms. The van der Waals surface area contributed by atoms with Crippen LogP contribution in [0.15, 0.2) is 30.3 Å². The van der Waals surface area contributed by atoms with Crippen LogP contribution in [0.4, 0.5) is 10.5 Å². The smallest absolute Gasteiger partial charge is 0.322 e. The second-order valence-electron chi connectivity index (χ2n) is 4.43. The predicted molar refractivity (Wildman–Crippen MR) is 68.6 cm³/mol. The molecule has 0 spiro atoms. The molecule has 2 aromatic rings. The number of aromatic amines is 1. The van der Waals surface area contributed by atoms with Crippen molar-refractivity contribution in [3.63, 3.8) is 0 Å². The summed E-state index contributed by atoms with van der Waals surface area (Å²) in [4.78, 5) is 13.7. The van der Waals surface area contributed by atoms with Crippen LogP contribution in [0, 0.1) is 0 Å². The molecule has 3 rings (SSSR count). The lowest BCUT2D eigenvalue weighted by Crippen LogP contribution is -2.34. The number of carbonyl (C=O) groups is 1. The number of hydrogen-bond donors (Lipinski definition) is 2. The van der Waals surface area contributed by atoms with E-state index < -0.39 is 0 Å². The van der Waals surface area contributed by atoms with E-state index in [9.17, 15) is 4.79 Å². The van der Waals surface area contributed by atoms with E-state index in [0.29, 0.717) is 6.54 Å². The molecule has 0 aliphatic carbocycles. The maximum Gasteiger partial charge on any atom is 0.322 e. The Bertz CT molecular complexity index is 541. The van der Waals surface area contributed by atoms with E-state index >= 15 is 0 Å². The number of urea groups is 1. The molecule has 1 aliphatic heterocycles. The highest BCUT2D eigenvalue weighted by Crippen LogP contribution is 2.22. The van der Waals surface area contributed by atoms with Crippen molar-refractivity contribution >= 4 is 11.7 Å². The van der Waals surface area contributed by atoms with Gasteiger partial charge in [0.15, 0.2) is 0 Å². The molecule has 0 bridgehead atoms. The van der Waals surface area contributed by atoms with Gasteiger partial charge in [0.25, 0.3) is 0 Å². The third kappa shape index (κ3) is 2.40. The van der Waals surface area contributed by atoms with Gasteiger partial charge < -0.3 is 5.32 Å². The Labute approximate surface area is 110 Å². The van der Waals surface area contributed by atoms with Gasteiger partial charge in [-0.25, -0.2) is 9.89 Å². The summed E-state index contributed by atoms with van der Waals surface area (Å²) in [7, 11) is 0. The summed E-state index contributed by atoms with van der Waals surface area (Å²) < 4.78 is 0. The number of nitrogens with zero attached hydrogens (tertiary/aromatic N) is 4. The molecule has 0 radical (unpaired) electrons. The molecular formula is C12H14N6O. The van der Waals surface area contributed by atoms with E-state index in [1.807, 2.05) is 30.3 Å². The number of aromatic nitrogens is 4. The number of amides is 2. The summed E-state index contributed by atoms with van der Waals surface area (Å²) in [6, 6.07) is 9.75. The molecule has 2 amide bonds. The highest BCUT2D eigenvalue weighted by molar-refractivity contribution is 5.94. The topological polar surface area (TPSA) is 86.8 Å². The van der Waals surface area contributed by atoms with Gasteiger partial charge in [0, 0.05) is 18.7 Å². The van der Waals surface area contributed by atoms with E-state index in [-0.39, 0.29) is 12.1 Å². The molecule has 1 aliphatic rings. The minimum absolute atomic E-state index is 0.0492. The van der Waals surface area contributed by atoms with E-state index in [4.69, 9.17) is 0 Å². The highest BCUT2D eigenvalue weighted by atomic mass is 16.2.